The van der Waals surface area contributed by atoms with Crippen molar-refractivity contribution in [2.24, 2.45) is 11.0 Å². The van der Waals surface area contributed by atoms with Gasteiger partial charge in [0.2, 0.25) is 0 Å². The van der Waals surface area contributed by atoms with Gasteiger partial charge in [-0.2, -0.15) is 31.4 Å². The van der Waals surface area contributed by atoms with E-state index in [1.54, 1.807) is 6.92 Å². The van der Waals surface area contributed by atoms with Gasteiger partial charge in [-0.25, -0.2) is 9.80 Å². The Labute approximate surface area is 161 Å². The van der Waals surface area contributed by atoms with E-state index in [0.717, 1.165) is 41.4 Å². The lowest BCUT2D eigenvalue weighted by Crippen LogP contribution is -2.30. The first-order valence-electron chi connectivity index (χ1n) is 8.47. The van der Waals surface area contributed by atoms with Crippen LogP contribution in [0.5, 0.6) is 0 Å². The van der Waals surface area contributed by atoms with Crippen LogP contribution in [0.2, 0.25) is 0 Å². The highest BCUT2D eigenvalue weighted by atomic mass is 19.4. The van der Waals surface area contributed by atoms with E-state index >= 15 is 0 Å². The van der Waals surface area contributed by atoms with Crippen LogP contribution in [-0.2, 0) is 12.4 Å². The molecule has 0 fully saturated rings. The molecule has 4 nitrogen and oxygen atoms in total. The Balaban J connectivity index is 1.72. The molecule has 0 aliphatic carbocycles. The van der Waals surface area contributed by atoms with Gasteiger partial charge in [-0.1, -0.05) is 19.1 Å². The standard InChI is InChI=1S/C19H15F6N3O/c1-11-10-28(17(29)26-15-8-6-14(7-9-15)19(23,24)25)27-16(11)12-2-4-13(5-3-12)18(20,21)22/h2-9,11H,10H2,1H3,(H,26,29). The SMILES string of the molecule is CC1CN(C(=O)Nc2ccc(C(F)(F)F)cc2)N=C1c1ccc(C(F)(F)F)cc1. The third kappa shape index (κ3) is 4.69. The van der Waals surface area contributed by atoms with Gasteiger partial charge >= 0.3 is 18.4 Å². The molecule has 2 amide bonds. The van der Waals surface area contributed by atoms with E-state index in [-0.39, 0.29) is 18.2 Å². The summed E-state index contributed by atoms with van der Waals surface area (Å²) in [7, 11) is 0. The highest BCUT2D eigenvalue weighted by Gasteiger charge is 2.32. The van der Waals surface area contributed by atoms with Crippen LogP contribution in [0, 0.1) is 5.92 Å². The zero-order chi connectivity index (χ0) is 21.4. The topological polar surface area (TPSA) is 44.7 Å². The first-order valence-corrected chi connectivity index (χ1v) is 8.47. The quantitative estimate of drug-likeness (QED) is 0.637. The monoisotopic (exact) mass is 415 g/mol. The van der Waals surface area contributed by atoms with E-state index in [9.17, 15) is 31.1 Å². The number of urea groups is 1. The second-order valence-corrected chi connectivity index (χ2v) is 6.55. The highest BCUT2D eigenvalue weighted by molar-refractivity contribution is 6.04. The van der Waals surface area contributed by atoms with Crippen LogP contribution >= 0.6 is 0 Å². The summed E-state index contributed by atoms with van der Waals surface area (Å²) in [6.45, 7) is 1.95. The number of hydrogen-bond acceptors (Lipinski definition) is 2. The normalized spacial score (nSPS) is 17.3. The molecular weight excluding hydrogens is 400 g/mol. The average Bonchev–Trinajstić information content (AvgIpc) is 3.03. The van der Waals surface area contributed by atoms with Gasteiger partial charge in [-0.05, 0) is 42.0 Å². The summed E-state index contributed by atoms with van der Waals surface area (Å²) in [4.78, 5) is 12.3. The number of nitrogens with one attached hydrogen (secondary N) is 1. The number of alkyl halides is 6. The van der Waals surface area contributed by atoms with Crippen molar-refractivity contribution in [1.82, 2.24) is 5.01 Å². The summed E-state index contributed by atoms with van der Waals surface area (Å²) in [5, 5.41) is 7.70. The first kappa shape index (κ1) is 20.7. The number of anilines is 1. The lowest BCUT2D eigenvalue weighted by molar-refractivity contribution is -0.138. The maximum Gasteiger partial charge on any atom is 0.416 e. The molecule has 1 heterocycles. The molecule has 0 aromatic heterocycles. The van der Waals surface area contributed by atoms with Crippen LogP contribution < -0.4 is 5.32 Å². The van der Waals surface area contributed by atoms with E-state index < -0.39 is 29.5 Å². The lowest BCUT2D eigenvalue weighted by atomic mass is 9.98. The number of halogens is 6. The van der Waals surface area contributed by atoms with Gasteiger partial charge < -0.3 is 5.32 Å². The molecule has 1 N–H and O–H groups in total. The summed E-state index contributed by atoms with van der Waals surface area (Å²) in [5.41, 5.74) is -0.567. The number of hydrogen-bond donors (Lipinski definition) is 1. The van der Waals surface area contributed by atoms with Crippen LogP contribution in [0.4, 0.5) is 36.8 Å². The minimum atomic E-state index is -4.48. The van der Waals surface area contributed by atoms with Gasteiger partial charge in [-0.15, -0.1) is 0 Å². The summed E-state index contributed by atoms with van der Waals surface area (Å²) >= 11 is 0. The van der Waals surface area contributed by atoms with E-state index in [2.05, 4.69) is 10.4 Å². The number of carbonyl (C=O) groups excluding carboxylic acids is 1. The number of benzene rings is 2. The molecule has 1 atom stereocenters. The molecule has 0 bridgehead atoms. The van der Waals surface area contributed by atoms with Gasteiger partial charge in [0.1, 0.15) is 0 Å². The van der Waals surface area contributed by atoms with Crippen molar-refractivity contribution in [3.8, 4) is 0 Å². The molecule has 2 aromatic carbocycles. The van der Waals surface area contributed by atoms with Gasteiger partial charge in [0.05, 0.1) is 23.4 Å². The van der Waals surface area contributed by atoms with Gasteiger partial charge in [-0.3, -0.25) is 0 Å². The summed E-state index contributed by atoms with van der Waals surface area (Å²) in [6, 6.07) is 7.74. The Morgan fingerprint density at radius 1 is 0.931 bits per heavy atom. The lowest BCUT2D eigenvalue weighted by Gasteiger charge is -2.14. The fraction of sp³-hybridized carbons (Fsp3) is 0.263. The number of rotatable bonds is 2. The Morgan fingerprint density at radius 2 is 1.41 bits per heavy atom. The molecular formula is C19H15F6N3O. The van der Waals surface area contributed by atoms with Crippen LogP contribution in [0.25, 0.3) is 0 Å². The smallest absolute Gasteiger partial charge is 0.306 e. The van der Waals surface area contributed by atoms with Crippen molar-refractivity contribution in [2.45, 2.75) is 19.3 Å². The van der Waals surface area contributed by atoms with Crippen LogP contribution in [-0.4, -0.2) is 23.3 Å². The second kappa shape index (κ2) is 7.41. The van der Waals surface area contributed by atoms with E-state index in [1.165, 1.54) is 12.1 Å². The Kier molecular flexibility index (Phi) is 5.29. The maximum atomic E-state index is 12.7. The molecule has 1 aliphatic rings. The number of carbonyl (C=O) groups is 1. The van der Waals surface area contributed by atoms with E-state index in [4.69, 9.17) is 0 Å². The molecule has 2 aromatic rings. The van der Waals surface area contributed by atoms with Crippen molar-refractivity contribution in [3.63, 3.8) is 0 Å². The van der Waals surface area contributed by atoms with Crippen LogP contribution in [0.15, 0.2) is 53.6 Å². The van der Waals surface area contributed by atoms with Crippen molar-refractivity contribution >= 4 is 17.4 Å². The molecule has 1 aliphatic heterocycles. The zero-order valence-electron chi connectivity index (χ0n) is 15.0. The van der Waals surface area contributed by atoms with Crippen molar-refractivity contribution in [2.75, 3.05) is 11.9 Å². The Morgan fingerprint density at radius 3 is 1.90 bits per heavy atom. The molecule has 10 heteroatoms. The third-order valence-corrected chi connectivity index (χ3v) is 4.35. The minimum absolute atomic E-state index is 0.161. The third-order valence-electron chi connectivity index (χ3n) is 4.35. The molecule has 0 saturated heterocycles. The molecule has 0 radical (unpaired) electrons. The summed E-state index contributed by atoms with van der Waals surface area (Å²) in [5.74, 6) is -0.231. The molecule has 0 spiro atoms. The van der Waals surface area contributed by atoms with Crippen molar-refractivity contribution in [3.05, 3.63) is 65.2 Å². The van der Waals surface area contributed by atoms with Crippen LogP contribution in [0.3, 0.4) is 0 Å². The predicted octanol–water partition coefficient (Wildman–Crippen LogP) is 5.61. The Bertz CT molecular complexity index is 917. The second-order valence-electron chi connectivity index (χ2n) is 6.55. The summed E-state index contributed by atoms with van der Waals surface area (Å²) < 4.78 is 75.8. The van der Waals surface area contributed by atoms with E-state index in [0.29, 0.717) is 11.3 Å². The number of nitrogens with zero attached hydrogens (tertiary/aromatic N) is 2. The summed E-state index contributed by atoms with van der Waals surface area (Å²) in [6.07, 6.45) is -8.93. The molecule has 1 unspecified atom stereocenters. The predicted molar refractivity (Wildman–Crippen MR) is 94.3 cm³/mol. The minimum Gasteiger partial charge on any atom is -0.306 e. The fourth-order valence-electron chi connectivity index (χ4n) is 2.85. The largest absolute Gasteiger partial charge is 0.416 e. The van der Waals surface area contributed by atoms with E-state index in [1.807, 2.05) is 0 Å². The zero-order valence-corrected chi connectivity index (χ0v) is 15.0. The molecule has 3 rings (SSSR count). The van der Waals surface area contributed by atoms with Gasteiger partial charge in [0.15, 0.2) is 0 Å². The van der Waals surface area contributed by atoms with Crippen LogP contribution in [0.1, 0.15) is 23.6 Å². The molecule has 0 saturated carbocycles. The highest BCUT2D eigenvalue weighted by Crippen LogP contribution is 2.31. The Hall–Kier alpha value is -3.04. The molecule has 154 valence electrons. The maximum absolute atomic E-state index is 12.7. The number of hydrazone groups is 1. The van der Waals surface area contributed by atoms with Gasteiger partial charge in [0.25, 0.3) is 0 Å². The average molecular weight is 415 g/mol. The van der Waals surface area contributed by atoms with Crippen molar-refractivity contribution in [1.29, 1.82) is 0 Å². The first-order chi connectivity index (χ1) is 13.4. The number of amides is 2. The van der Waals surface area contributed by atoms with Gasteiger partial charge in [0, 0.05) is 11.6 Å². The van der Waals surface area contributed by atoms with Crippen molar-refractivity contribution < 1.29 is 31.1 Å². The molecule has 29 heavy (non-hydrogen) atoms. The fourth-order valence-corrected chi connectivity index (χ4v) is 2.85.